The van der Waals surface area contributed by atoms with E-state index in [0.717, 1.165) is 38.8 Å². The van der Waals surface area contributed by atoms with Crippen LogP contribution < -0.4 is 14.9 Å². The first-order valence-electron chi connectivity index (χ1n) is 9.25. The van der Waals surface area contributed by atoms with Crippen LogP contribution >= 0.6 is 11.3 Å². The Balaban J connectivity index is 1.58. The average Bonchev–Trinajstić information content (AvgIpc) is 3.11. The normalized spacial score (nSPS) is 11.2. The average molecular weight is 384 g/mol. The molecule has 27 heavy (non-hydrogen) atoms. The number of unbranched alkanes of at least 4 members (excludes halogenated alkanes) is 3. The first-order chi connectivity index (χ1) is 13.3. The number of ether oxygens (including phenoxy) is 2. The van der Waals surface area contributed by atoms with E-state index in [-0.39, 0.29) is 0 Å². The van der Waals surface area contributed by atoms with Gasteiger partial charge < -0.3 is 9.47 Å². The van der Waals surface area contributed by atoms with Crippen LogP contribution in [0, 0.1) is 0 Å². The third-order valence-corrected chi connectivity index (χ3v) is 5.05. The number of hydrazone groups is 1. The van der Waals surface area contributed by atoms with Crippen molar-refractivity contribution in [1.29, 1.82) is 0 Å². The van der Waals surface area contributed by atoms with Crippen molar-refractivity contribution in [2.45, 2.75) is 32.6 Å². The van der Waals surface area contributed by atoms with Gasteiger partial charge in [-0.3, -0.25) is 5.43 Å². The summed E-state index contributed by atoms with van der Waals surface area (Å²) >= 11 is 1.58. The highest BCUT2D eigenvalue weighted by Crippen LogP contribution is 2.28. The maximum absolute atomic E-state index is 5.84. The van der Waals surface area contributed by atoms with Gasteiger partial charge in [0.25, 0.3) is 0 Å². The summed E-state index contributed by atoms with van der Waals surface area (Å²) in [4.78, 5) is 4.50. The zero-order chi connectivity index (χ0) is 18.9. The van der Waals surface area contributed by atoms with Crippen molar-refractivity contribution in [3.63, 3.8) is 0 Å². The van der Waals surface area contributed by atoms with Crippen LogP contribution in [0.2, 0.25) is 0 Å². The quantitative estimate of drug-likeness (QED) is 0.277. The minimum atomic E-state index is 0.711. The van der Waals surface area contributed by atoms with Crippen molar-refractivity contribution in [1.82, 2.24) is 4.98 Å². The molecule has 5 nitrogen and oxygen atoms in total. The molecule has 0 amide bonds. The zero-order valence-corrected chi connectivity index (χ0v) is 16.6. The second-order valence-electron chi connectivity index (χ2n) is 6.18. The Kier molecular flexibility index (Phi) is 7.04. The lowest BCUT2D eigenvalue weighted by Crippen LogP contribution is -2.00. The van der Waals surface area contributed by atoms with Crippen molar-refractivity contribution in [3.8, 4) is 11.5 Å². The zero-order valence-electron chi connectivity index (χ0n) is 15.8. The van der Waals surface area contributed by atoms with E-state index < -0.39 is 0 Å². The van der Waals surface area contributed by atoms with Gasteiger partial charge in [0, 0.05) is 0 Å². The molecule has 0 spiro atoms. The van der Waals surface area contributed by atoms with Crippen molar-refractivity contribution in [2.24, 2.45) is 5.10 Å². The number of benzene rings is 2. The van der Waals surface area contributed by atoms with Crippen LogP contribution in [0.1, 0.15) is 38.2 Å². The topological polar surface area (TPSA) is 55.7 Å². The Hall–Kier alpha value is -2.60. The van der Waals surface area contributed by atoms with Crippen LogP contribution in [-0.2, 0) is 0 Å². The second kappa shape index (κ2) is 9.92. The number of nitrogens with one attached hydrogen (secondary N) is 1. The number of para-hydroxylation sites is 1. The molecule has 1 N–H and O–H groups in total. The number of hydrogen-bond donors (Lipinski definition) is 1. The molecule has 6 heteroatoms. The monoisotopic (exact) mass is 383 g/mol. The fraction of sp³-hybridized carbons (Fsp3) is 0.333. The summed E-state index contributed by atoms with van der Waals surface area (Å²) in [5.74, 6) is 1.49. The fourth-order valence-corrected chi connectivity index (χ4v) is 3.49. The SMILES string of the molecule is CCCCCCOc1ccc(/C=N\Nc2nc3ccccc3s2)cc1OC. The maximum atomic E-state index is 5.84. The molecule has 0 atom stereocenters. The van der Waals surface area contributed by atoms with Gasteiger partial charge >= 0.3 is 0 Å². The van der Waals surface area contributed by atoms with Crippen LogP contribution in [0.25, 0.3) is 10.2 Å². The Morgan fingerprint density at radius 2 is 2.00 bits per heavy atom. The van der Waals surface area contributed by atoms with E-state index in [1.165, 1.54) is 19.3 Å². The molecular weight excluding hydrogens is 358 g/mol. The molecule has 0 fully saturated rings. The summed E-state index contributed by atoms with van der Waals surface area (Å²) in [5.41, 5.74) is 4.90. The number of hydrogen-bond acceptors (Lipinski definition) is 6. The van der Waals surface area contributed by atoms with E-state index in [0.29, 0.717) is 6.61 Å². The fourth-order valence-electron chi connectivity index (χ4n) is 2.68. The Bertz CT molecular complexity index is 859. The Morgan fingerprint density at radius 3 is 2.81 bits per heavy atom. The first-order valence-corrected chi connectivity index (χ1v) is 10.1. The summed E-state index contributed by atoms with van der Waals surface area (Å²) in [7, 11) is 1.65. The van der Waals surface area contributed by atoms with E-state index in [4.69, 9.17) is 9.47 Å². The van der Waals surface area contributed by atoms with Gasteiger partial charge in [0.15, 0.2) is 11.5 Å². The standard InChI is InChI=1S/C21H25N3O2S/c1-3-4-5-8-13-26-18-12-11-16(14-19(18)25-2)15-22-24-21-23-17-9-6-7-10-20(17)27-21/h6-7,9-12,14-15H,3-5,8,13H2,1-2H3,(H,23,24)/b22-15-. The molecule has 3 rings (SSSR count). The molecule has 0 aliphatic carbocycles. The molecule has 3 aromatic rings. The molecule has 0 saturated heterocycles. The van der Waals surface area contributed by atoms with Crippen LogP contribution in [0.4, 0.5) is 5.13 Å². The molecule has 0 aliphatic heterocycles. The van der Waals surface area contributed by atoms with Crippen molar-refractivity contribution >= 4 is 32.9 Å². The molecule has 1 aromatic heterocycles. The highest BCUT2D eigenvalue weighted by molar-refractivity contribution is 7.22. The van der Waals surface area contributed by atoms with Gasteiger partial charge in [0.2, 0.25) is 5.13 Å². The lowest BCUT2D eigenvalue weighted by Gasteiger charge is -2.11. The summed E-state index contributed by atoms with van der Waals surface area (Å²) < 4.78 is 12.4. The summed E-state index contributed by atoms with van der Waals surface area (Å²) in [5, 5.41) is 5.05. The van der Waals surface area contributed by atoms with Crippen molar-refractivity contribution in [2.75, 3.05) is 19.1 Å². The van der Waals surface area contributed by atoms with Gasteiger partial charge in [-0.15, -0.1) is 0 Å². The molecule has 0 saturated carbocycles. The Morgan fingerprint density at radius 1 is 1.11 bits per heavy atom. The molecule has 0 aliphatic rings. The Labute approximate surface area is 164 Å². The number of thiazole rings is 1. The van der Waals surface area contributed by atoms with Crippen LogP contribution in [0.5, 0.6) is 11.5 Å². The minimum Gasteiger partial charge on any atom is -0.493 e. The predicted octanol–water partition coefficient (Wildman–Crippen LogP) is 5.71. The molecule has 0 radical (unpaired) electrons. The number of rotatable bonds is 10. The van der Waals surface area contributed by atoms with E-state index in [1.807, 2.05) is 42.5 Å². The number of methoxy groups -OCH3 is 1. The summed E-state index contributed by atoms with van der Waals surface area (Å²) in [6.45, 7) is 2.92. The predicted molar refractivity (Wildman–Crippen MR) is 113 cm³/mol. The summed E-state index contributed by atoms with van der Waals surface area (Å²) in [6.07, 6.45) is 6.48. The third kappa shape index (κ3) is 5.44. The molecule has 0 bridgehead atoms. The maximum Gasteiger partial charge on any atom is 0.204 e. The molecule has 0 unspecified atom stereocenters. The lowest BCUT2D eigenvalue weighted by molar-refractivity contribution is 0.285. The molecule has 2 aromatic carbocycles. The number of fused-ring (bicyclic) bond motifs is 1. The number of aromatic nitrogens is 1. The molecule has 142 valence electrons. The van der Waals surface area contributed by atoms with Gasteiger partial charge in [0.1, 0.15) is 0 Å². The van der Waals surface area contributed by atoms with E-state index in [2.05, 4.69) is 22.4 Å². The van der Waals surface area contributed by atoms with Crippen LogP contribution in [-0.4, -0.2) is 24.9 Å². The highest BCUT2D eigenvalue weighted by atomic mass is 32.1. The van der Waals surface area contributed by atoms with Gasteiger partial charge in [-0.25, -0.2) is 4.98 Å². The second-order valence-corrected chi connectivity index (χ2v) is 7.21. The molecular formula is C21H25N3O2S. The summed E-state index contributed by atoms with van der Waals surface area (Å²) in [6, 6.07) is 13.8. The van der Waals surface area contributed by atoms with Gasteiger partial charge in [-0.05, 0) is 42.3 Å². The van der Waals surface area contributed by atoms with Gasteiger partial charge in [-0.2, -0.15) is 5.10 Å². The van der Waals surface area contributed by atoms with E-state index in [1.54, 1.807) is 24.7 Å². The van der Waals surface area contributed by atoms with Crippen LogP contribution in [0.15, 0.2) is 47.6 Å². The lowest BCUT2D eigenvalue weighted by atomic mass is 10.2. The number of nitrogens with zero attached hydrogens (tertiary/aromatic N) is 2. The molecule has 1 heterocycles. The first kappa shape index (κ1) is 19.2. The van der Waals surface area contributed by atoms with Gasteiger partial charge in [0.05, 0.1) is 30.1 Å². The van der Waals surface area contributed by atoms with Gasteiger partial charge in [-0.1, -0.05) is 49.7 Å². The minimum absolute atomic E-state index is 0.711. The smallest absolute Gasteiger partial charge is 0.204 e. The van der Waals surface area contributed by atoms with Crippen molar-refractivity contribution < 1.29 is 9.47 Å². The van der Waals surface area contributed by atoms with Crippen molar-refractivity contribution in [3.05, 3.63) is 48.0 Å². The van der Waals surface area contributed by atoms with E-state index in [9.17, 15) is 0 Å². The third-order valence-electron chi connectivity index (χ3n) is 4.11. The largest absolute Gasteiger partial charge is 0.493 e. The van der Waals surface area contributed by atoms with E-state index >= 15 is 0 Å². The highest BCUT2D eigenvalue weighted by Gasteiger charge is 2.05. The van der Waals surface area contributed by atoms with Crippen LogP contribution in [0.3, 0.4) is 0 Å². The number of anilines is 1.